The van der Waals surface area contributed by atoms with Crippen molar-refractivity contribution < 1.29 is 31.2 Å². The predicted molar refractivity (Wildman–Crippen MR) is 122 cm³/mol. The van der Waals surface area contributed by atoms with E-state index in [0.29, 0.717) is 5.69 Å². The fraction of sp³-hybridized carbons (Fsp3) is 0.545. The van der Waals surface area contributed by atoms with Crippen LogP contribution in [0.3, 0.4) is 0 Å². The van der Waals surface area contributed by atoms with E-state index in [9.17, 15) is 31.2 Å². The summed E-state index contributed by atoms with van der Waals surface area (Å²) in [5.74, 6) is -1.000. The minimum Gasteiger partial charge on any atom is -0.339 e. The third kappa shape index (κ3) is 6.60. The molecular weight excluding hydrogens is 501 g/mol. The summed E-state index contributed by atoms with van der Waals surface area (Å²) in [6, 6.07) is 3.18. The third-order valence-corrected chi connectivity index (χ3v) is 7.63. The number of nitrogens with zero attached hydrogens (tertiary/aromatic N) is 3. The normalized spacial score (nSPS) is 18.0. The van der Waals surface area contributed by atoms with Gasteiger partial charge in [-0.2, -0.15) is 18.3 Å². The fourth-order valence-electron chi connectivity index (χ4n) is 4.26. The summed E-state index contributed by atoms with van der Waals surface area (Å²) >= 11 is 0. The summed E-state index contributed by atoms with van der Waals surface area (Å²) in [4.78, 5) is 29.6. The van der Waals surface area contributed by atoms with E-state index in [4.69, 9.17) is 0 Å². The number of alkyl halides is 3. The molecule has 2 aliphatic carbocycles. The van der Waals surface area contributed by atoms with Crippen LogP contribution >= 0.6 is 0 Å². The Bertz CT molecular complexity index is 1190. The van der Waals surface area contributed by atoms with Gasteiger partial charge in [0.05, 0.1) is 6.04 Å². The van der Waals surface area contributed by atoms with Crippen molar-refractivity contribution in [2.45, 2.75) is 68.1 Å². The van der Waals surface area contributed by atoms with Crippen LogP contribution < -0.4 is 15.4 Å². The summed E-state index contributed by atoms with van der Waals surface area (Å²) in [6.45, 7) is -1.71. The first kappa shape index (κ1) is 26.1. The van der Waals surface area contributed by atoms with Crippen molar-refractivity contribution in [2.75, 3.05) is 11.9 Å². The largest absolute Gasteiger partial charge is 0.402 e. The summed E-state index contributed by atoms with van der Waals surface area (Å²) in [6.07, 6.45) is 4.01. The SMILES string of the molecule is O=C(N[C@H](C(=O)Nc1ccc(S(=O)(=O)NCC(F)(F)F)cn1)C1CCCCC1)c1ccnn1C1CC1. The number of nitrogens with one attached hydrogen (secondary N) is 3. The van der Waals surface area contributed by atoms with Crippen molar-refractivity contribution in [2.24, 2.45) is 5.92 Å². The number of pyridine rings is 1. The van der Waals surface area contributed by atoms with Crippen molar-refractivity contribution in [3.8, 4) is 0 Å². The number of hydrogen-bond donors (Lipinski definition) is 3. The second kappa shape index (κ2) is 10.5. The Morgan fingerprint density at radius 1 is 1.08 bits per heavy atom. The van der Waals surface area contributed by atoms with Crippen LogP contribution in [0.25, 0.3) is 0 Å². The standard InChI is InChI=1S/C22H27F3N6O4S/c23-22(24,25)13-28-36(34,35)16-8-9-18(26-12-16)29-21(33)19(14-4-2-1-3-5-14)30-20(32)17-10-11-27-31(17)15-6-7-15/h8-12,14-15,19,28H,1-7,13H2,(H,30,32)(H,26,29,33)/t19-/m0/s1. The van der Waals surface area contributed by atoms with E-state index in [1.54, 1.807) is 16.9 Å². The second-order valence-electron chi connectivity index (χ2n) is 9.05. The molecule has 1 atom stereocenters. The molecular formula is C22H27F3N6O4S. The van der Waals surface area contributed by atoms with Crippen LogP contribution in [0.15, 0.2) is 35.5 Å². The number of amides is 2. The van der Waals surface area contributed by atoms with Crippen LogP contribution in [0.5, 0.6) is 0 Å². The highest BCUT2D eigenvalue weighted by atomic mass is 32.2. The monoisotopic (exact) mass is 528 g/mol. The summed E-state index contributed by atoms with van der Waals surface area (Å²) in [5.41, 5.74) is 0.380. The van der Waals surface area contributed by atoms with E-state index in [1.165, 1.54) is 10.8 Å². The maximum Gasteiger partial charge on any atom is 0.402 e. The molecule has 0 spiro atoms. The summed E-state index contributed by atoms with van der Waals surface area (Å²) in [7, 11) is -4.43. The van der Waals surface area contributed by atoms with Gasteiger partial charge in [-0.05, 0) is 49.8 Å². The van der Waals surface area contributed by atoms with Gasteiger partial charge in [0.15, 0.2) is 0 Å². The molecule has 2 aromatic rings. The van der Waals surface area contributed by atoms with Crippen LogP contribution in [0.1, 0.15) is 61.5 Å². The first-order valence-corrected chi connectivity index (χ1v) is 13.2. The maximum atomic E-state index is 13.2. The van der Waals surface area contributed by atoms with Crippen molar-refractivity contribution in [1.29, 1.82) is 0 Å². The maximum absolute atomic E-state index is 13.2. The van der Waals surface area contributed by atoms with E-state index in [2.05, 4.69) is 20.7 Å². The summed E-state index contributed by atoms with van der Waals surface area (Å²) < 4.78 is 64.3. The lowest BCUT2D eigenvalue weighted by Crippen LogP contribution is -2.49. The molecule has 3 N–H and O–H groups in total. The van der Waals surface area contributed by atoms with Gasteiger partial charge in [0.2, 0.25) is 15.9 Å². The highest BCUT2D eigenvalue weighted by Crippen LogP contribution is 2.35. The molecule has 14 heteroatoms. The lowest BCUT2D eigenvalue weighted by atomic mass is 9.83. The van der Waals surface area contributed by atoms with E-state index < -0.39 is 45.5 Å². The first-order valence-electron chi connectivity index (χ1n) is 11.7. The number of aromatic nitrogens is 3. The lowest BCUT2D eigenvalue weighted by molar-refractivity contribution is -0.121. The number of hydrogen-bond acceptors (Lipinski definition) is 6. The molecule has 2 aromatic heterocycles. The number of halogens is 3. The number of anilines is 1. The van der Waals surface area contributed by atoms with Crippen LogP contribution in [0.2, 0.25) is 0 Å². The number of rotatable bonds is 9. The summed E-state index contributed by atoms with van der Waals surface area (Å²) in [5, 5.41) is 9.65. The molecule has 2 heterocycles. The molecule has 0 aliphatic heterocycles. The van der Waals surface area contributed by atoms with E-state index in [0.717, 1.165) is 57.2 Å². The van der Waals surface area contributed by atoms with Gasteiger partial charge in [0.25, 0.3) is 5.91 Å². The van der Waals surface area contributed by atoms with Gasteiger partial charge in [-0.1, -0.05) is 19.3 Å². The molecule has 0 saturated heterocycles. The number of carbonyl (C=O) groups is 2. The van der Waals surface area contributed by atoms with Gasteiger partial charge in [0, 0.05) is 12.4 Å². The number of sulfonamides is 1. The van der Waals surface area contributed by atoms with Gasteiger partial charge < -0.3 is 10.6 Å². The Morgan fingerprint density at radius 3 is 2.42 bits per heavy atom. The molecule has 2 saturated carbocycles. The Hall–Kier alpha value is -3.00. The smallest absolute Gasteiger partial charge is 0.339 e. The molecule has 0 unspecified atom stereocenters. The molecule has 196 valence electrons. The zero-order chi connectivity index (χ0) is 25.9. The van der Waals surface area contributed by atoms with Crippen molar-refractivity contribution in [3.63, 3.8) is 0 Å². The lowest BCUT2D eigenvalue weighted by Gasteiger charge is -2.30. The molecule has 0 aromatic carbocycles. The van der Waals surface area contributed by atoms with E-state index in [-0.39, 0.29) is 17.8 Å². The highest BCUT2D eigenvalue weighted by Gasteiger charge is 2.34. The number of carbonyl (C=O) groups excluding carboxylic acids is 2. The van der Waals surface area contributed by atoms with Crippen LogP contribution in [0.4, 0.5) is 19.0 Å². The molecule has 2 aliphatic rings. The molecule has 2 amide bonds. The molecule has 0 radical (unpaired) electrons. The topological polar surface area (TPSA) is 135 Å². The Kier molecular flexibility index (Phi) is 7.64. The first-order chi connectivity index (χ1) is 17.0. The molecule has 36 heavy (non-hydrogen) atoms. The third-order valence-electron chi connectivity index (χ3n) is 6.25. The van der Waals surface area contributed by atoms with Gasteiger partial charge in [-0.3, -0.25) is 14.3 Å². The molecule has 0 bridgehead atoms. The second-order valence-corrected chi connectivity index (χ2v) is 10.8. The van der Waals surface area contributed by atoms with Crippen LogP contribution in [0, 0.1) is 5.92 Å². The zero-order valence-electron chi connectivity index (χ0n) is 19.3. The van der Waals surface area contributed by atoms with E-state index >= 15 is 0 Å². The van der Waals surface area contributed by atoms with E-state index in [1.807, 2.05) is 0 Å². The average Bonchev–Trinajstić information content (AvgIpc) is 3.57. The zero-order valence-corrected chi connectivity index (χ0v) is 20.1. The highest BCUT2D eigenvalue weighted by molar-refractivity contribution is 7.89. The van der Waals surface area contributed by atoms with Crippen LogP contribution in [-0.2, 0) is 14.8 Å². The Balaban J connectivity index is 1.45. The molecule has 2 fully saturated rings. The molecule has 10 nitrogen and oxygen atoms in total. The quantitative estimate of drug-likeness (QED) is 0.458. The van der Waals surface area contributed by atoms with Gasteiger partial charge in [-0.15, -0.1) is 0 Å². The minimum absolute atomic E-state index is 0.00727. The van der Waals surface area contributed by atoms with Gasteiger partial charge in [0.1, 0.15) is 29.0 Å². The van der Waals surface area contributed by atoms with Crippen molar-refractivity contribution >= 4 is 27.7 Å². The fourth-order valence-corrected chi connectivity index (χ4v) is 5.22. The van der Waals surface area contributed by atoms with Crippen molar-refractivity contribution in [3.05, 3.63) is 36.3 Å². The Labute approximate surface area is 206 Å². The predicted octanol–water partition coefficient (Wildman–Crippen LogP) is 2.77. The molecule has 4 rings (SSSR count). The van der Waals surface area contributed by atoms with Crippen LogP contribution in [-0.4, -0.2) is 53.8 Å². The van der Waals surface area contributed by atoms with Gasteiger partial charge in [-0.25, -0.2) is 18.1 Å². The Morgan fingerprint density at radius 2 is 1.81 bits per heavy atom. The minimum atomic E-state index is -4.71. The average molecular weight is 529 g/mol. The van der Waals surface area contributed by atoms with Crippen molar-refractivity contribution in [1.82, 2.24) is 24.8 Å². The van der Waals surface area contributed by atoms with Gasteiger partial charge >= 0.3 is 6.18 Å².